The Kier molecular flexibility index (Phi) is 7.29. The molecule has 26 heavy (non-hydrogen) atoms. The number of rotatable bonds is 9. The Balaban J connectivity index is 2.00. The Morgan fingerprint density at radius 2 is 1.88 bits per heavy atom. The zero-order chi connectivity index (χ0) is 18.9. The number of amides is 1. The molecule has 0 bridgehead atoms. The van der Waals surface area contributed by atoms with Crippen LogP contribution in [0, 0.1) is 0 Å². The molecule has 7 heteroatoms. The summed E-state index contributed by atoms with van der Waals surface area (Å²) in [7, 11) is 0. The Hall–Kier alpha value is -2.73. The molecule has 2 N–H and O–H groups in total. The fourth-order valence-electron chi connectivity index (χ4n) is 2.29. The molecule has 0 aliphatic heterocycles. The van der Waals surface area contributed by atoms with E-state index < -0.39 is 12.6 Å². The average molecular weight is 378 g/mol. The van der Waals surface area contributed by atoms with E-state index in [-0.39, 0.29) is 11.7 Å². The maximum Gasteiger partial charge on any atom is 0.341 e. The van der Waals surface area contributed by atoms with Crippen molar-refractivity contribution in [3.05, 3.63) is 58.6 Å². The Labute approximate surface area is 156 Å². The number of benzene rings is 2. The molecule has 0 spiro atoms. The van der Waals surface area contributed by atoms with Gasteiger partial charge in [0.15, 0.2) is 18.1 Å². The summed E-state index contributed by atoms with van der Waals surface area (Å²) < 4.78 is 10.6. The predicted molar refractivity (Wildman–Crippen MR) is 98.2 cm³/mol. The van der Waals surface area contributed by atoms with E-state index in [1.807, 2.05) is 24.3 Å². The summed E-state index contributed by atoms with van der Waals surface area (Å²) in [4.78, 5) is 23.0. The highest BCUT2D eigenvalue weighted by molar-refractivity contribution is 6.31. The lowest BCUT2D eigenvalue weighted by Gasteiger charge is -2.12. The van der Waals surface area contributed by atoms with E-state index in [0.717, 1.165) is 5.56 Å². The first-order chi connectivity index (χ1) is 12.5. The first kappa shape index (κ1) is 19.6. The maximum absolute atomic E-state index is 12.3. The third-order valence-corrected chi connectivity index (χ3v) is 3.86. The fourth-order valence-corrected chi connectivity index (χ4v) is 2.52. The molecular weight excluding hydrogens is 358 g/mol. The summed E-state index contributed by atoms with van der Waals surface area (Å²) >= 11 is 6.10. The molecule has 0 saturated carbocycles. The minimum atomic E-state index is -1.09. The number of hydrogen-bond acceptors (Lipinski definition) is 4. The Morgan fingerprint density at radius 3 is 2.58 bits per heavy atom. The van der Waals surface area contributed by atoms with E-state index >= 15 is 0 Å². The molecule has 2 rings (SSSR count). The first-order valence-electron chi connectivity index (χ1n) is 8.14. The van der Waals surface area contributed by atoms with E-state index in [9.17, 15) is 9.59 Å². The SMILES string of the molecule is CCOc1cc(C(=O)NCCc2ccccc2Cl)ccc1OCC(=O)O. The van der Waals surface area contributed by atoms with Crippen molar-refractivity contribution >= 4 is 23.5 Å². The van der Waals surface area contributed by atoms with Gasteiger partial charge in [0.05, 0.1) is 6.61 Å². The normalized spacial score (nSPS) is 10.2. The fraction of sp³-hybridized carbons (Fsp3) is 0.263. The van der Waals surface area contributed by atoms with Gasteiger partial charge in [-0.25, -0.2) is 4.79 Å². The van der Waals surface area contributed by atoms with Crippen LogP contribution in [0.2, 0.25) is 5.02 Å². The Bertz CT molecular complexity index is 778. The molecule has 0 aliphatic carbocycles. The second-order valence-electron chi connectivity index (χ2n) is 5.37. The number of aliphatic carboxylic acids is 1. The van der Waals surface area contributed by atoms with E-state index in [2.05, 4.69) is 5.32 Å². The van der Waals surface area contributed by atoms with Crippen molar-refractivity contribution in [3.8, 4) is 11.5 Å². The Morgan fingerprint density at radius 1 is 1.12 bits per heavy atom. The van der Waals surface area contributed by atoms with Crippen LogP contribution in [0.3, 0.4) is 0 Å². The number of nitrogens with one attached hydrogen (secondary N) is 1. The zero-order valence-corrected chi connectivity index (χ0v) is 15.1. The van der Waals surface area contributed by atoms with Gasteiger partial charge in [-0.15, -0.1) is 0 Å². The molecule has 6 nitrogen and oxygen atoms in total. The van der Waals surface area contributed by atoms with Crippen LogP contribution in [0.25, 0.3) is 0 Å². The summed E-state index contributed by atoms with van der Waals surface area (Å²) in [5.74, 6) is -0.744. The minimum absolute atomic E-state index is 0.261. The van der Waals surface area contributed by atoms with Crippen LogP contribution in [0.15, 0.2) is 42.5 Å². The topological polar surface area (TPSA) is 84.9 Å². The van der Waals surface area contributed by atoms with Crippen LogP contribution < -0.4 is 14.8 Å². The van der Waals surface area contributed by atoms with Gasteiger partial charge < -0.3 is 19.9 Å². The van der Waals surface area contributed by atoms with Crippen LogP contribution >= 0.6 is 11.6 Å². The molecule has 0 aromatic heterocycles. The van der Waals surface area contributed by atoms with E-state index in [1.54, 1.807) is 13.0 Å². The van der Waals surface area contributed by atoms with Crippen LogP contribution in [0.1, 0.15) is 22.8 Å². The molecule has 1 amide bonds. The van der Waals surface area contributed by atoms with E-state index in [4.69, 9.17) is 26.2 Å². The molecule has 0 radical (unpaired) electrons. The smallest absolute Gasteiger partial charge is 0.341 e. The van der Waals surface area contributed by atoms with Crippen molar-refractivity contribution < 1.29 is 24.2 Å². The van der Waals surface area contributed by atoms with Crippen molar-refractivity contribution in [1.29, 1.82) is 0 Å². The van der Waals surface area contributed by atoms with Crippen molar-refractivity contribution in [2.45, 2.75) is 13.3 Å². The quantitative estimate of drug-likeness (QED) is 0.701. The first-order valence-corrected chi connectivity index (χ1v) is 8.52. The highest BCUT2D eigenvalue weighted by atomic mass is 35.5. The van der Waals surface area contributed by atoms with Crippen LogP contribution in [0.4, 0.5) is 0 Å². The molecule has 0 aliphatic rings. The summed E-state index contributed by atoms with van der Waals surface area (Å²) in [6.07, 6.45) is 0.615. The third-order valence-electron chi connectivity index (χ3n) is 3.49. The van der Waals surface area contributed by atoms with Gasteiger partial charge in [0.1, 0.15) is 0 Å². The second-order valence-corrected chi connectivity index (χ2v) is 5.78. The molecule has 2 aromatic rings. The maximum atomic E-state index is 12.3. The van der Waals surface area contributed by atoms with Crippen LogP contribution in [-0.4, -0.2) is 36.7 Å². The van der Waals surface area contributed by atoms with Gasteiger partial charge >= 0.3 is 5.97 Å². The van der Waals surface area contributed by atoms with Gasteiger partial charge in [-0.1, -0.05) is 29.8 Å². The van der Waals surface area contributed by atoms with Crippen molar-refractivity contribution in [3.63, 3.8) is 0 Å². The highest BCUT2D eigenvalue weighted by Crippen LogP contribution is 2.28. The van der Waals surface area contributed by atoms with Gasteiger partial charge in [-0.2, -0.15) is 0 Å². The molecule has 0 heterocycles. The standard InChI is InChI=1S/C19H20ClNO5/c1-2-25-17-11-14(7-8-16(17)26-12-18(22)23)19(24)21-10-9-13-5-3-4-6-15(13)20/h3-8,11H,2,9-10,12H2,1H3,(H,21,24)(H,22,23). The van der Waals surface area contributed by atoms with Gasteiger partial charge in [0.2, 0.25) is 0 Å². The molecule has 0 atom stereocenters. The summed E-state index contributed by atoms with van der Waals surface area (Å²) in [6.45, 7) is 2.10. The minimum Gasteiger partial charge on any atom is -0.490 e. The van der Waals surface area contributed by atoms with E-state index in [1.165, 1.54) is 12.1 Å². The molecule has 0 unspecified atom stereocenters. The lowest BCUT2D eigenvalue weighted by atomic mass is 10.1. The number of carbonyl (C=O) groups excluding carboxylic acids is 1. The lowest BCUT2D eigenvalue weighted by Crippen LogP contribution is -2.25. The highest BCUT2D eigenvalue weighted by Gasteiger charge is 2.12. The number of halogens is 1. The van der Waals surface area contributed by atoms with Crippen molar-refractivity contribution in [1.82, 2.24) is 5.32 Å². The van der Waals surface area contributed by atoms with E-state index in [0.29, 0.717) is 35.9 Å². The number of ether oxygens (including phenoxy) is 2. The zero-order valence-electron chi connectivity index (χ0n) is 14.3. The number of carboxylic acid groups (broad SMARTS) is 1. The monoisotopic (exact) mass is 377 g/mol. The van der Waals surface area contributed by atoms with Gasteiger partial charge in [0.25, 0.3) is 5.91 Å². The third kappa shape index (κ3) is 5.67. The number of carboxylic acids is 1. The van der Waals surface area contributed by atoms with Gasteiger partial charge in [-0.05, 0) is 43.2 Å². The molecular formula is C19H20ClNO5. The summed E-state index contributed by atoms with van der Waals surface area (Å²) in [6, 6.07) is 12.1. The predicted octanol–water partition coefficient (Wildman–Crippen LogP) is 3.17. The van der Waals surface area contributed by atoms with Crippen LogP contribution in [-0.2, 0) is 11.2 Å². The lowest BCUT2D eigenvalue weighted by molar-refractivity contribution is -0.139. The molecule has 2 aromatic carbocycles. The average Bonchev–Trinajstić information content (AvgIpc) is 2.62. The summed E-state index contributed by atoms with van der Waals surface area (Å²) in [5.41, 5.74) is 1.36. The second kappa shape index (κ2) is 9.68. The number of hydrogen-bond donors (Lipinski definition) is 2. The van der Waals surface area contributed by atoms with Crippen molar-refractivity contribution in [2.24, 2.45) is 0 Å². The summed E-state index contributed by atoms with van der Waals surface area (Å²) in [5, 5.41) is 12.2. The molecule has 0 fully saturated rings. The molecule has 0 saturated heterocycles. The number of carbonyl (C=O) groups is 2. The van der Waals surface area contributed by atoms with Crippen molar-refractivity contribution in [2.75, 3.05) is 19.8 Å². The van der Waals surface area contributed by atoms with Gasteiger partial charge in [-0.3, -0.25) is 4.79 Å². The molecule has 138 valence electrons. The van der Waals surface area contributed by atoms with Gasteiger partial charge in [0, 0.05) is 17.1 Å². The van der Waals surface area contributed by atoms with Crippen LogP contribution in [0.5, 0.6) is 11.5 Å². The largest absolute Gasteiger partial charge is 0.490 e.